The van der Waals surface area contributed by atoms with Crippen LogP contribution in [-0.2, 0) is 4.79 Å². The molecule has 0 heterocycles. The highest BCUT2D eigenvalue weighted by Gasteiger charge is 2.17. The molecule has 0 aromatic heterocycles. The predicted molar refractivity (Wildman–Crippen MR) is 85.0 cm³/mol. The minimum absolute atomic E-state index is 0.0690. The molecule has 2 rings (SSSR count). The molecule has 2 N–H and O–H groups in total. The van der Waals surface area contributed by atoms with Crippen LogP contribution in [0.5, 0.6) is 0 Å². The first kappa shape index (κ1) is 15.6. The average molecular weight is 285 g/mol. The molecule has 0 aliphatic heterocycles. The van der Waals surface area contributed by atoms with E-state index in [2.05, 4.69) is 17.2 Å². The zero-order chi connectivity index (χ0) is 15.1. The van der Waals surface area contributed by atoms with Crippen molar-refractivity contribution in [2.75, 3.05) is 11.9 Å². The van der Waals surface area contributed by atoms with E-state index in [1.54, 1.807) is 0 Å². The van der Waals surface area contributed by atoms with Crippen molar-refractivity contribution in [3.05, 3.63) is 29.3 Å². The third kappa shape index (κ3) is 4.91. The first-order valence-electron chi connectivity index (χ1n) is 7.69. The summed E-state index contributed by atoms with van der Waals surface area (Å²) in [5.74, 6) is 6.11. The van der Waals surface area contributed by atoms with Crippen LogP contribution in [0.4, 0.5) is 5.69 Å². The van der Waals surface area contributed by atoms with Gasteiger partial charge in [0.05, 0.1) is 5.69 Å². The van der Waals surface area contributed by atoms with Gasteiger partial charge in [-0.05, 0) is 43.4 Å². The van der Waals surface area contributed by atoms with Crippen molar-refractivity contribution in [1.82, 2.24) is 0 Å². The van der Waals surface area contributed by atoms with Crippen LogP contribution in [0.25, 0.3) is 0 Å². The summed E-state index contributed by atoms with van der Waals surface area (Å²) in [4.78, 5) is 12.2. The van der Waals surface area contributed by atoms with E-state index in [0.717, 1.165) is 16.8 Å². The fourth-order valence-corrected chi connectivity index (χ4v) is 2.86. The quantitative estimate of drug-likeness (QED) is 0.838. The third-order valence-corrected chi connectivity index (χ3v) is 3.95. The van der Waals surface area contributed by atoms with Gasteiger partial charge >= 0.3 is 0 Å². The van der Waals surface area contributed by atoms with Gasteiger partial charge in [0.15, 0.2) is 0 Å². The molecule has 1 amide bonds. The second-order valence-electron chi connectivity index (χ2n) is 5.77. The second kappa shape index (κ2) is 7.85. The van der Waals surface area contributed by atoms with Gasteiger partial charge < -0.3 is 10.4 Å². The molecule has 0 atom stereocenters. The van der Waals surface area contributed by atoms with Crippen LogP contribution in [0, 0.1) is 24.7 Å². The van der Waals surface area contributed by atoms with Crippen molar-refractivity contribution >= 4 is 11.6 Å². The van der Waals surface area contributed by atoms with Gasteiger partial charge in [-0.25, -0.2) is 0 Å². The highest BCUT2D eigenvalue weighted by molar-refractivity contribution is 5.92. The Morgan fingerprint density at radius 2 is 2.10 bits per heavy atom. The Balaban J connectivity index is 2.03. The lowest BCUT2D eigenvalue weighted by Gasteiger charge is -2.21. The molecule has 1 aliphatic rings. The van der Waals surface area contributed by atoms with Crippen LogP contribution in [0.1, 0.15) is 49.7 Å². The molecule has 1 aliphatic carbocycles. The van der Waals surface area contributed by atoms with Gasteiger partial charge in [-0.1, -0.05) is 37.2 Å². The van der Waals surface area contributed by atoms with E-state index in [4.69, 9.17) is 5.11 Å². The number of carbonyl (C=O) groups excluding carboxylic acids is 1. The molecule has 1 aromatic rings. The maximum absolute atomic E-state index is 12.2. The minimum Gasteiger partial charge on any atom is -0.384 e. The van der Waals surface area contributed by atoms with E-state index in [-0.39, 0.29) is 12.5 Å². The second-order valence-corrected chi connectivity index (χ2v) is 5.77. The Labute approximate surface area is 126 Å². The zero-order valence-corrected chi connectivity index (χ0v) is 12.6. The monoisotopic (exact) mass is 285 g/mol. The fraction of sp³-hybridized carbons (Fsp3) is 0.500. The van der Waals surface area contributed by atoms with E-state index in [1.165, 1.54) is 32.1 Å². The number of aliphatic hydroxyl groups is 1. The zero-order valence-electron chi connectivity index (χ0n) is 12.6. The summed E-state index contributed by atoms with van der Waals surface area (Å²) in [6.45, 7) is 1.81. The minimum atomic E-state index is -0.177. The largest absolute Gasteiger partial charge is 0.384 e. The summed E-state index contributed by atoms with van der Waals surface area (Å²) in [5, 5.41) is 11.8. The molecule has 0 radical (unpaired) electrons. The third-order valence-electron chi connectivity index (χ3n) is 3.95. The number of aliphatic hydroxyl groups excluding tert-OH is 1. The number of hydrogen-bond acceptors (Lipinski definition) is 2. The maximum Gasteiger partial charge on any atom is 0.224 e. The van der Waals surface area contributed by atoms with Gasteiger partial charge in [-0.15, -0.1) is 0 Å². The van der Waals surface area contributed by atoms with Gasteiger partial charge in [0.2, 0.25) is 5.91 Å². The normalized spacial score (nSPS) is 15.1. The van der Waals surface area contributed by atoms with E-state index in [0.29, 0.717) is 12.3 Å². The van der Waals surface area contributed by atoms with Crippen molar-refractivity contribution in [2.24, 2.45) is 5.92 Å². The van der Waals surface area contributed by atoms with Crippen molar-refractivity contribution in [2.45, 2.75) is 45.4 Å². The van der Waals surface area contributed by atoms with Crippen LogP contribution < -0.4 is 5.32 Å². The Bertz CT molecular complexity index is 548. The van der Waals surface area contributed by atoms with Crippen molar-refractivity contribution in [1.29, 1.82) is 0 Å². The Kier molecular flexibility index (Phi) is 5.83. The summed E-state index contributed by atoms with van der Waals surface area (Å²) in [7, 11) is 0. The standard InChI is InChI=1S/C18H23NO2/c1-14-9-10-16(8-5-11-20)17(12-14)19-18(21)13-15-6-3-2-4-7-15/h9-10,12,15,20H,2-4,6-7,11,13H2,1H3,(H,19,21). The van der Waals surface area contributed by atoms with Crippen LogP contribution >= 0.6 is 0 Å². The molecule has 0 spiro atoms. The number of carbonyl (C=O) groups is 1. The molecule has 1 fully saturated rings. The van der Waals surface area contributed by atoms with Crippen molar-refractivity contribution in [3.63, 3.8) is 0 Å². The van der Waals surface area contributed by atoms with Gasteiger partial charge in [-0.3, -0.25) is 4.79 Å². The molecular weight excluding hydrogens is 262 g/mol. The number of rotatable bonds is 3. The maximum atomic E-state index is 12.2. The van der Waals surface area contributed by atoms with Gasteiger partial charge in [0.1, 0.15) is 6.61 Å². The topological polar surface area (TPSA) is 49.3 Å². The van der Waals surface area contributed by atoms with Crippen LogP contribution in [0.15, 0.2) is 18.2 Å². The summed E-state index contributed by atoms with van der Waals surface area (Å²) < 4.78 is 0. The highest BCUT2D eigenvalue weighted by Crippen LogP contribution is 2.27. The number of aryl methyl sites for hydroxylation is 1. The number of hydrogen-bond donors (Lipinski definition) is 2. The molecule has 1 aromatic carbocycles. The smallest absolute Gasteiger partial charge is 0.224 e. The van der Waals surface area contributed by atoms with E-state index >= 15 is 0 Å². The molecule has 3 nitrogen and oxygen atoms in total. The number of anilines is 1. The van der Waals surface area contributed by atoms with Crippen LogP contribution in [0.3, 0.4) is 0 Å². The van der Waals surface area contributed by atoms with Crippen LogP contribution in [-0.4, -0.2) is 17.6 Å². The number of benzene rings is 1. The summed E-state index contributed by atoms with van der Waals surface area (Å²) in [6, 6.07) is 5.77. The molecule has 0 unspecified atom stereocenters. The van der Waals surface area contributed by atoms with E-state index in [9.17, 15) is 4.79 Å². The average Bonchev–Trinajstić information content (AvgIpc) is 2.47. The SMILES string of the molecule is Cc1ccc(C#CCO)c(NC(=O)CC2CCCCC2)c1. The van der Waals surface area contributed by atoms with Crippen LogP contribution in [0.2, 0.25) is 0 Å². The highest BCUT2D eigenvalue weighted by atomic mass is 16.2. The Hall–Kier alpha value is -1.79. The van der Waals surface area contributed by atoms with E-state index < -0.39 is 0 Å². The van der Waals surface area contributed by atoms with Crippen molar-refractivity contribution < 1.29 is 9.90 Å². The van der Waals surface area contributed by atoms with Crippen molar-refractivity contribution in [3.8, 4) is 11.8 Å². The first-order chi connectivity index (χ1) is 10.2. The van der Waals surface area contributed by atoms with E-state index in [1.807, 2.05) is 25.1 Å². The lowest BCUT2D eigenvalue weighted by Crippen LogP contribution is -2.18. The number of amides is 1. The molecule has 112 valence electrons. The fourth-order valence-electron chi connectivity index (χ4n) is 2.86. The number of nitrogens with one attached hydrogen (secondary N) is 1. The molecule has 0 saturated heterocycles. The Morgan fingerprint density at radius 3 is 2.81 bits per heavy atom. The first-order valence-corrected chi connectivity index (χ1v) is 7.69. The molecule has 21 heavy (non-hydrogen) atoms. The molecular formula is C18H23NO2. The lowest BCUT2D eigenvalue weighted by atomic mass is 9.87. The van der Waals surface area contributed by atoms with Gasteiger partial charge in [0.25, 0.3) is 0 Å². The summed E-state index contributed by atoms with van der Waals surface area (Å²) in [6.07, 6.45) is 6.72. The summed E-state index contributed by atoms with van der Waals surface area (Å²) in [5.41, 5.74) is 2.58. The van der Waals surface area contributed by atoms with Gasteiger partial charge in [-0.2, -0.15) is 0 Å². The summed E-state index contributed by atoms with van der Waals surface area (Å²) >= 11 is 0. The lowest BCUT2D eigenvalue weighted by molar-refractivity contribution is -0.117. The molecule has 3 heteroatoms. The Morgan fingerprint density at radius 1 is 1.33 bits per heavy atom. The molecule has 0 bridgehead atoms. The predicted octanol–water partition coefficient (Wildman–Crippen LogP) is 3.25. The molecule has 1 saturated carbocycles. The van der Waals surface area contributed by atoms with Gasteiger partial charge in [0, 0.05) is 12.0 Å².